The molecule has 24 heavy (non-hydrogen) atoms. The van der Waals surface area contributed by atoms with Gasteiger partial charge in [-0.1, -0.05) is 6.92 Å². The third-order valence-electron chi connectivity index (χ3n) is 8.25. The summed E-state index contributed by atoms with van der Waals surface area (Å²) in [6, 6.07) is 0. The summed E-state index contributed by atoms with van der Waals surface area (Å²) >= 11 is 0. The standard InChI is InChI=1S/C19H28O5/c1-18-6-4-12-10(11(18)2-3-15(18)23)8-14(22)16-17(24)13(21)5-7-19(12,16)9-20/h10-13,15-16,20-21,23H,2-9H2,1H3/t10-,11-,12-,13-,15-,16?,18-,19-/m0/s1. The van der Waals surface area contributed by atoms with Crippen molar-refractivity contribution in [2.45, 2.75) is 64.1 Å². The molecular formula is C19H28O5. The van der Waals surface area contributed by atoms with Crippen LogP contribution in [0.4, 0.5) is 0 Å². The highest BCUT2D eigenvalue weighted by Crippen LogP contribution is 2.65. The Morgan fingerprint density at radius 2 is 1.79 bits per heavy atom. The lowest BCUT2D eigenvalue weighted by atomic mass is 9.44. The Morgan fingerprint density at radius 3 is 2.50 bits per heavy atom. The van der Waals surface area contributed by atoms with Crippen molar-refractivity contribution >= 4 is 11.6 Å². The molecule has 134 valence electrons. The first-order chi connectivity index (χ1) is 11.3. The first kappa shape index (κ1) is 16.7. The molecule has 4 rings (SSSR count). The highest BCUT2D eigenvalue weighted by atomic mass is 16.3. The molecule has 4 saturated carbocycles. The Morgan fingerprint density at radius 1 is 1.04 bits per heavy atom. The third-order valence-corrected chi connectivity index (χ3v) is 8.25. The van der Waals surface area contributed by atoms with Gasteiger partial charge in [-0.3, -0.25) is 9.59 Å². The molecule has 3 N–H and O–H groups in total. The molecule has 8 atom stereocenters. The van der Waals surface area contributed by atoms with Gasteiger partial charge < -0.3 is 15.3 Å². The highest BCUT2D eigenvalue weighted by Gasteiger charge is 2.65. The number of Topliss-reactive ketones (excluding diaryl/α,β-unsaturated/α-hetero) is 2. The van der Waals surface area contributed by atoms with Crippen LogP contribution in [0.2, 0.25) is 0 Å². The van der Waals surface area contributed by atoms with Crippen LogP contribution in [0.25, 0.3) is 0 Å². The summed E-state index contributed by atoms with van der Waals surface area (Å²) in [6.07, 6.45) is 3.33. The lowest BCUT2D eigenvalue weighted by molar-refractivity contribution is -0.178. The molecule has 0 amide bonds. The van der Waals surface area contributed by atoms with Crippen LogP contribution in [0.3, 0.4) is 0 Å². The SMILES string of the molecule is C[C@]12CC[C@H]3[C@@H](CC(=O)C4C(=O)[C@@H](O)CC[C@@]43CO)[C@@H]1CC[C@@H]2O. The van der Waals surface area contributed by atoms with Crippen LogP contribution in [0.1, 0.15) is 51.9 Å². The van der Waals surface area contributed by atoms with Crippen LogP contribution in [-0.2, 0) is 9.59 Å². The Kier molecular flexibility index (Phi) is 3.72. The number of fused-ring (bicyclic) bond motifs is 5. The van der Waals surface area contributed by atoms with Gasteiger partial charge in [-0.25, -0.2) is 0 Å². The Balaban J connectivity index is 1.74. The summed E-state index contributed by atoms with van der Waals surface area (Å²) in [7, 11) is 0. The topological polar surface area (TPSA) is 94.8 Å². The minimum Gasteiger partial charge on any atom is -0.396 e. The number of aliphatic hydroxyl groups is 3. The summed E-state index contributed by atoms with van der Waals surface area (Å²) in [5, 5.41) is 30.7. The van der Waals surface area contributed by atoms with Gasteiger partial charge in [0.2, 0.25) is 0 Å². The maximum absolute atomic E-state index is 12.9. The van der Waals surface area contributed by atoms with E-state index >= 15 is 0 Å². The van der Waals surface area contributed by atoms with Crippen molar-refractivity contribution < 1.29 is 24.9 Å². The van der Waals surface area contributed by atoms with E-state index in [0.717, 1.165) is 25.7 Å². The molecule has 4 fully saturated rings. The molecule has 0 bridgehead atoms. The third kappa shape index (κ3) is 1.92. The molecule has 5 heteroatoms. The van der Waals surface area contributed by atoms with Gasteiger partial charge in [0.15, 0.2) is 5.78 Å². The minimum absolute atomic E-state index is 0.0975. The maximum Gasteiger partial charge on any atom is 0.172 e. The van der Waals surface area contributed by atoms with Crippen LogP contribution in [0.15, 0.2) is 0 Å². The Hall–Kier alpha value is -0.780. The largest absolute Gasteiger partial charge is 0.396 e. The Labute approximate surface area is 142 Å². The predicted molar refractivity (Wildman–Crippen MR) is 85.9 cm³/mol. The molecule has 0 aromatic carbocycles. The van der Waals surface area contributed by atoms with Gasteiger partial charge in [0, 0.05) is 11.8 Å². The zero-order valence-corrected chi connectivity index (χ0v) is 14.3. The van der Waals surface area contributed by atoms with E-state index in [0.29, 0.717) is 25.2 Å². The van der Waals surface area contributed by atoms with Gasteiger partial charge in [0.05, 0.1) is 18.6 Å². The fraction of sp³-hybridized carbons (Fsp3) is 0.895. The molecule has 5 nitrogen and oxygen atoms in total. The van der Waals surface area contributed by atoms with Crippen molar-refractivity contribution in [2.75, 3.05) is 6.61 Å². The summed E-state index contributed by atoms with van der Waals surface area (Å²) in [5.41, 5.74) is -0.825. The zero-order valence-electron chi connectivity index (χ0n) is 14.3. The van der Waals surface area contributed by atoms with Crippen LogP contribution >= 0.6 is 0 Å². The van der Waals surface area contributed by atoms with Gasteiger partial charge in [-0.2, -0.15) is 0 Å². The van der Waals surface area contributed by atoms with Crippen molar-refractivity contribution in [3.63, 3.8) is 0 Å². The molecule has 0 aromatic rings. The van der Waals surface area contributed by atoms with E-state index < -0.39 is 17.4 Å². The number of rotatable bonds is 1. The van der Waals surface area contributed by atoms with Crippen LogP contribution in [0, 0.1) is 34.5 Å². The molecular weight excluding hydrogens is 308 g/mol. The summed E-state index contributed by atoms with van der Waals surface area (Å²) in [4.78, 5) is 25.4. The predicted octanol–water partition coefficient (Wildman–Crippen LogP) is 1.08. The van der Waals surface area contributed by atoms with Gasteiger partial charge in [0.25, 0.3) is 0 Å². The van der Waals surface area contributed by atoms with Gasteiger partial charge >= 0.3 is 0 Å². The van der Waals surface area contributed by atoms with Gasteiger partial charge in [-0.15, -0.1) is 0 Å². The van der Waals surface area contributed by atoms with E-state index in [-0.39, 0.29) is 41.5 Å². The van der Waals surface area contributed by atoms with E-state index in [9.17, 15) is 24.9 Å². The number of hydrogen-bond acceptors (Lipinski definition) is 5. The molecule has 1 unspecified atom stereocenters. The van der Waals surface area contributed by atoms with E-state index in [4.69, 9.17) is 0 Å². The average molecular weight is 336 g/mol. The van der Waals surface area contributed by atoms with Crippen molar-refractivity contribution in [1.29, 1.82) is 0 Å². The normalized spacial score (nSPS) is 54.2. The van der Waals surface area contributed by atoms with Gasteiger partial charge in [-0.05, 0) is 61.7 Å². The average Bonchev–Trinajstić information content (AvgIpc) is 2.86. The first-order valence-electron chi connectivity index (χ1n) is 9.38. The van der Waals surface area contributed by atoms with Gasteiger partial charge in [0.1, 0.15) is 11.9 Å². The molecule has 0 spiro atoms. The Bertz CT molecular complexity index is 574. The first-order valence-corrected chi connectivity index (χ1v) is 9.38. The van der Waals surface area contributed by atoms with E-state index in [1.807, 2.05) is 0 Å². The molecule has 0 aliphatic heterocycles. The smallest absolute Gasteiger partial charge is 0.172 e. The monoisotopic (exact) mass is 336 g/mol. The number of ketones is 2. The summed E-state index contributed by atoms with van der Waals surface area (Å²) in [5.74, 6) is -0.715. The molecule has 0 radical (unpaired) electrons. The van der Waals surface area contributed by atoms with Crippen molar-refractivity contribution in [3.8, 4) is 0 Å². The number of carbonyl (C=O) groups excluding carboxylic acids is 2. The van der Waals surface area contributed by atoms with Crippen LogP contribution in [0.5, 0.6) is 0 Å². The highest BCUT2D eigenvalue weighted by molar-refractivity contribution is 6.06. The van der Waals surface area contributed by atoms with E-state index in [1.165, 1.54) is 0 Å². The van der Waals surface area contributed by atoms with E-state index in [2.05, 4.69) is 6.92 Å². The maximum atomic E-state index is 12.9. The van der Waals surface area contributed by atoms with Crippen LogP contribution in [-0.4, -0.2) is 45.7 Å². The fourth-order valence-electron chi connectivity index (χ4n) is 6.94. The molecule has 4 aliphatic carbocycles. The zero-order chi connectivity index (χ0) is 17.3. The second-order valence-corrected chi connectivity index (χ2v) is 8.97. The lowest BCUT2D eigenvalue weighted by Gasteiger charge is -2.59. The number of hydrogen-bond donors (Lipinski definition) is 3. The second kappa shape index (κ2) is 5.36. The molecule has 4 aliphatic rings. The quantitative estimate of drug-likeness (QED) is 0.623. The fourth-order valence-corrected chi connectivity index (χ4v) is 6.94. The second-order valence-electron chi connectivity index (χ2n) is 8.97. The van der Waals surface area contributed by atoms with Crippen molar-refractivity contribution in [1.82, 2.24) is 0 Å². The number of aliphatic hydroxyl groups excluding tert-OH is 3. The van der Waals surface area contributed by atoms with E-state index in [1.54, 1.807) is 0 Å². The van der Waals surface area contributed by atoms with Crippen molar-refractivity contribution in [3.05, 3.63) is 0 Å². The summed E-state index contributed by atoms with van der Waals surface area (Å²) < 4.78 is 0. The molecule has 0 aromatic heterocycles. The minimum atomic E-state index is -1.06. The number of carbonyl (C=O) groups is 2. The van der Waals surface area contributed by atoms with Crippen LogP contribution < -0.4 is 0 Å². The van der Waals surface area contributed by atoms with Crippen molar-refractivity contribution in [2.24, 2.45) is 34.5 Å². The summed E-state index contributed by atoms with van der Waals surface area (Å²) in [6.45, 7) is 1.98. The molecule has 0 saturated heterocycles. The lowest BCUT2D eigenvalue weighted by Crippen LogP contribution is -2.62. The molecule has 0 heterocycles.